The van der Waals surface area contributed by atoms with Crippen LogP contribution in [0.4, 0.5) is 5.69 Å². The molecular weight excluding hydrogens is 458 g/mol. The number of nitrogens with zero attached hydrogens (tertiary/aromatic N) is 3. The number of phenolic OH excluding ortho intramolecular Hbond substituents is 1. The smallest absolute Gasteiger partial charge is 0.219 e. The van der Waals surface area contributed by atoms with Crippen LogP contribution in [0.5, 0.6) is 17.4 Å². The second-order valence-electron chi connectivity index (χ2n) is 10.6. The van der Waals surface area contributed by atoms with Crippen molar-refractivity contribution < 1.29 is 9.84 Å². The SMILES string of the molecule is Cc1cc(C)c(N2C[C@H](C3CCCC3)N=C2c2cccc(Oc3ccc4cccc(O)c4n3)c2)c(C)c1. The Balaban J connectivity index is 1.36. The van der Waals surface area contributed by atoms with E-state index >= 15 is 0 Å². The molecule has 2 aliphatic rings. The average Bonchev–Trinajstić information content (AvgIpc) is 3.55. The fourth-order valence-electron chi connectivity index (χ4n) is 6.15. The highest BCUT2D eigenvalue weighted by molar-refractivity contribution is 6.12. The maximum atomic E-state index is 10.2. The van der Waals surface area contributed by atoms with Gasteiger partial charge in [-0.25, -0.2) is 4.98 Å². The highest BCUT2D eigenvalue weighted by Crippen LogP contribution is 2.37. The second-order valence-corrected chi connectivity index (χ2v) is 10.6. The van der Waals surface area contributed by atoms with Gasteiger partial charge in [-0.1, -0.05) is 54.8 Å². The van der Waals surface area contributed by atoms with Crippen molar-refractivity contribution in [1.29, 1.82) is 0 Å². The third kappa shape index (κ3) is 4.55. The summed E-state index contributed by atoms with van der Waals surface area (Å²) in [6, 6.07) is 22.1. The van der Waals surface area contributed by atoms with Gasteiger partial charge in [-0.15, -0.1) is 0 Å². The van der Waals surface area contributed by atoms with Gasteiger partial charge in [-0.05, 0) is 74.9 Å². The van der Waals surface area contributed by atoms with Crippen molar-refractivity contribution in [2.75, 3.05) is 11.4 Å². The normalized spacial score (nSPS) is 18.0. The van der Waals surface area contributed by atoms with Crippen LogP contribution in [0.25, 0.3) is 10.9 Å². The number of aryl methyl sites for hydroxylation is 3. The first-order valence-corrected chi connectivity index (χ1v) is 13.3. The van der Waals surface area contributed by atoms with Crippen LogP contribution >= 0.6 is 0 Å². The molecule has 5 heteroatoms. The first-order valence-electron chi connectivity index (χ1n) is 13.3. The monoisotopic (exact) mass is 491 g/mol. The minimum absolute atomic E-state index is 0.148. The van der Waals surface area contributed by atoms with Crippen molar-refractivity contribution in [1.82, 2.24) is 4.98 Å². The summed E-state index contributed by atoms with van der Waals surface area (Å²) in [5.74, 6) is 2.96. The van der Waals surface area contributed by atoms with Gasteiger partial charge in [0.25, 0.3) is 0 Å². The van der Waals surface area contributed by atoms with Crippen LogP contribution < -0.4 is 9.64 Å². The summed E-state index contributed by atoms with van der Waals surface area (Å²) in [5.41, 5.74) is 6.69. The summed E-state index contributed by atoms with van der Waals surface area (Å²) in [6.07, 6.45) is 5.16. The van der Waals surface area contributed by atoms with Crippen LogP contribution in [0.2, 0.25) is 0 Å². The summed E-state index contributed by atoms with van der Waals surface area (Å²) in [4.78, 5) is 12.3. The van der Waals surface area contributed by atoms with Gasteiger partial charge in [0, 0.05) is 29.2 Å². The molecule has 4 aromatic rings. The van der Waals surface area contributed by atoms with E-state index in [0.29, 0.717) is 29.1 Å². The lowest BCUT2D eigenvalue weighted by atomic mass is 9.98. The van der Waals surface area contributed by atoms with Gasteiger partial charge in [0.15, 0.2) is 0 Å². The number of hydrogen-bond acceptors (Lipinski definition) is 5. The van der Waals surface area contributed by atoms with Gasteiger partial charge in [-0.2, -0.15) is 0 Å². The largest absolute Gasteiger partial charge is 0.506 e. The molecule has 0 bridgehead atoms. The first kappa shape index (κ1) is 23.5. The van der Waals surface area contributed by atoms with Crippen molar-refractivity contribution in [2.24, 2.45) is 10.9 Å². The van der Waals surface area contributed by atoms with Crippen LogP contribution in [-0.2, 0) is 0 Å². The van der Waals surface area contributed by atoms with Gasteiger partial charge in [0.05, 0.1) is 6.04 Å². The lowest BCUT2D eigenvalue weighted by Gasteiger charge is -2.26. The molecule has 3 aromatic carbocycles. The quantitative estimate of drug-likeness (QED) is 0.314. The Hall–Kier alpha value is -3.86. The summed E-state index contributed by atoms with van der Waals surface area (Å²) < 4.78 is 6.18. The Kier molecular flexibility index (Phi) is 6.07. The molecule has 37 heavy (non-hydrogen) atoms. The summed E-state index contributed by atoms with van der Waals surface area (Å²) in [6.45, 7) is 7.49. The molecule has 0 unspecified atom stereocenters. The number of hydrogen-bond donors (Lipinski definition) is 1. The Bertz CT molecular complexity index is 1480. The molecule has 1 aliphatic carbocycles. The molecular formula is C32H33N3O2. The predicted molar refractivity (Wildman–Crippen MR) is 150 cm³/mol. The van der Waals surface area contributed by atoms with Crippen LogP contribution in [0, 0.1) is 26.7 Å². The van der Waals surface area contributed by atoms with E-state index in [4.69, 9.17) is 9.73 Å². The van der Waals surface area contributed by atoms with E-state index in [1.807, 2.05) is 36.4 Å². The Labute approximate surface area is 218 Å². The average molecular weight is 492 g/mol. The fourth-order valence-corrected chi connectivity index (χ4v) is 6.15. The van der Waals surface area contributed by atoms with Gasteiger partial charge >= 0.3 is 0 Å². The minimum Gasteiger partial charge on any atom is -0.506 e. The summed E-state index contributed by atoms with van der Waals surface area (Å²) in [5, 5.41) is 11.1. The predicted octanol–water partition coefficient (Wildman–Crippen LogP) is 7.48. The molecule has 0 amide bonds. The van der Waals surface area contributed by atoms with Crippen molar-refractivity contribution in [2.45, 2.75) is 52.5 Å². The third-order valence-electron chi connectivity index (χ3n) is 7.75. The summed E-state index contributed by atoms with van der Waals surface area (Å²) in [7, 11) is 0. The number of rotatable bonds is 5. The van der Waals surface area contributed by atoms with E-state index in [-0.39, 0.29) is 5.75 Å². The zero-order chi connectivity index (χ0) is 25.5. The molecule has 5 nitrogen and oxygen atoms in total. The molecule has 0 saturated heterocycles. The van der Waals surface area contributed by atoms with Crippen molar-refractivity contribution in [3.05, 3.63) is 89.0 Å². The molecule has 188 valence electrons. The zero-order valence-corrected chi connectivity index (χ0v) is 21.7. The van der Waals surface area contributed by atoms with Gasteiger partial charge in [-0.3, -0.25) is 4.99 Å². The van der Waals surface area contributed by atoms with Crippen molar-refractivity contribution >= 4 is 22.4 Å². The van der Waals surface area contributed by atoms with Crippen LogP contribution in [-0.4, -0.2) is 28.5 Å². The Morgan fingerprint density at radius 3 is 2.43 bits per heavy atom. The maximum Gasteiger partial charge on any atom is 0.219 e. The highest BCUT2D eigenvalue weighted by Gasteiger charge is 2.35. The molecule has 6 rings (SSSR count). The number of benzene rings is 3. The van der Waals surface area contributed by atoms with Crippen LogP contribution in [0.1, 0.15) is 47.9 Å². The number of ether oxygens (including phenoxy) is 1. The minimum atomic E-state index is 0.148. The Morgan fingerprint density at radius 2 is 1.65 bits per heavy atom. The van der Waals surface area contributed by atoms with E-state index in [1.165, 1.54) is 48.1 Å². The Morgan fingerprint density at radius 1 is 0.892 bits per heavy atom. The molecule has 1 atom stereocenters. The molecule has 0 spiro atoms. The first-order chi connectivity index (χ1) is 18.0. The molecule has 1 aliphatic heterocycles. The number of fused-ring (bicyclic) bond motifs is 1. The molecule has 1 N–H and O–H groups in total. The molecule has 1 saturated carbocycles. The molecule has 2 heterocycles. The van der Waals surface area contributed by atoms with Crippen molar-refractivity contribution in [3.63, 3.8) is 0 Å². The van der Waals surface area contributed by atoms with Crippen molar-refractivity contribution in [3.8, 4) is 17.4 Å². The van der Waals surface area contributed by atoms with Gasteiger partial charge < -0.3 is 14.7 Å². The molecule has 1 fully saturated rings. The number of aromatic nitrogens is 1. The molecule has 0 radical (unpaired) electrons. The third-order valence-corrected chi connectivity index (χ3v) is 7.75. The van der Waals surface area contributed by atoms with E-state index in [9.17, 15) is 5.11 Å². The summed E-state index contributed by atoms with van der Waals surface area (Å²) >= 11 is 0. The van der Waals surface area contributed by atoms with E-state index < -0.39 is 0 Å². The van der Waals surface area contributed by atoms with Gasteiger partial charge in [0.1, 0.15) is 22.9 Å². The lowest BCUT2D eigenvalue weighted by molar-refractivity contribution is 0.453. The van der Waals surface area contributed by atoms with E-state index in [2.05, 4.69) is 54.9 Å². The van der Waals surface area contributed by atoms with Crippen LogP contribution in [0.15, 0.2) is 71.7 Å². The lowest BCUT2D eigenvalue weighted by Crippen LogP contribution is -2.32. The number of aromatic hydroxyl groups is 1. The number of para-hydroxylation sites is 1. The number of anilines is 1. The fraction of sp³-hybridized carbons (Fsp3) is 0.312. The van der Waals surface area contributed by atoms with E-state index in [0.717, 1.165) is 23.3 Å². The number of aliphatic imine (C=N–C) groups is 1. The zero-order valence-electron chi connectivity index (χ0n) is 21.7. The number of pyridine rings is 1. The standard InChI is InChI=1S/C32H33N3O2/c1-20-16-21(2)31(22(3)17-20)35-19-27(23-8-4-5-9-23)33-32(35)25-11-6-12-26(18-25)37-29-15-14-24-10-7-13-28(36)30(24)34-29/h6-7,10-18,23,27,36H,4-5,8-9,19H2,1-3H3/t27-/m1/s1. The highest BCUT2D eigenvalue weighted by atomic mass is 16.5. The van der Waals surface area contributed by atoms with E-state index in [1.54, 1.807) is 6.07 Å². The number of phenols is 1. The molecule has 1 aromatic heterocycles. The van der Waals surface area contributed by atoms with Gasteiger partial charge in [0.2, 0.25) is 5.88 Å². The second kappa shape index (κ2) is 9.55. The van der Waals surface area contributed by atoms with Crippen LogP contribution in [0.3, 0.4) is 0 Å². The maximum absolute atomic E-state index is 10.2. The topological polar surface area (TPSA) is 58.0 Å². The number of amidine groups is 1.